The molecule has 2 aromatic rings. The summed E-state index contributed by atoms with van der Waals surface area (Å²) in [7, 11) is 9.61. The van der Waals surface area contributed by atoms with Crippen LogP contribution in [-0.2, 0) is 13.6 Å². The second-order valence-electron chi connectivity index (χ2n) is 7.29. The summed E-state index contributed by atoms with van der Waals surface area (Å²) in [6.07, 6.45) is 3.31. The van der Waals surface area contributed by atoms with Gasteiger partial charge < -0.3 is 19.3 Å². The van der Waals surface area contributed by atoms with Gasteiger partial charge in [-0.15, -0.1) is 10.2 Å². The number of piperidine rings is 1. The minimum absolute atomic E-state index is 0.258. The number of aromatic nitrogens is 5. The maximum Gasteiger partial charge on any atom is 0.227 e. The predicted octanol–water partition coefficient (Wildman–Crippen LogP) is 1.26. The molecule has 0 amide bonds. The van der Waals surface area contributed by atoms with Gasteiger partial charge in [-0.25, -0.2) is 9.37 Å². The normalized spacial score (nSPS) is 17.8. The molecule has 1 aliphatic heterocycles. The van der Waals surface area contributed by atoms with Gasteiger partial charge in [-0.3, -0.25) is 0 Å². The molecule has 0 unspecified atom stereocenters. The summed E-state index contributed by atoms with van der Waals surface area (Å²) in [5.74, 6) is 2.67. The van der Waals surface area contributed by atoms with Crippen molar-refractivity contribution < 1.29 is 4.39 Å². The van der Waals surface area contributed by atoms with E-state index in [0.29, 0.717) is 11.8 Å². The van der Waals surface area contributed by atoms with Crippen LogP contribution < -0.4 is 9.80 Å². The molecule has 1 fully saturated rings. The van der Waals surface area contributed by atoms with Crippen molar-refractivity contribution in [2.75, 3.05) is 51.1 Å². The van der Waals surface area contributed by atoms with Gasteiger partial charge in [-0.05, 0) is 26.9 Å². The number of nitrogens with zero attached hydrogens (tertiary/aromatic N) is 8. The Hall–Kier alpha value is -2.29. The van der Waals surface area contributed by atoms with Crippen LogP contribution in [0.2, 0.25) is 0 Å². The molecule has 1 atom stereocenters. The van der Waals surface area contributed by atoms with Crippen molar-refractivity contribution in [3.05, 3.63) is 23.7 Å². The van der Waals surface area contributed by atoms with Crippen LogP contribution in [0.1, 0.15) is 30.4 Å². The van der Waals surface area contributed by atoms with Gasteiger partial charge >= 0.3 is 0 Å². The van der Waals surface area contributed by atoms with E-state index >= 15 is 0 Å². The van der Waals surface area contributed by atoms with Crippen LogP contribution >= 0.6 is 0 Å². The molecule has 0 spiro atoms. The van der Waals surface area contributed by atoms with Crippen molar-refractivity contribution in [2.24, 2.45) is 7.05 Å². The van der Waals surface area contributed by atoms with Crippen molar-refractivity contribution in [1.29, 1.82) is 0 Å². The first-order valence-corrected chi connectivity index (χ1v) is 8.84. The molecule has 0 bridgehead atoms. The highest BCUT2D eigenvalue weighted by atomic mass is 19.1. The van der Waals surface area contributed by atoms with E-state index in [-0.39, 0.29) is 5.92 Å². The molecule has 8 nitrogen and oxygen atoms in total. The molecule has 0 saturated carbocycles. The van der Waals surface area contributed by atoms with Gasteiger partial charge in [0, 0.05) is 40.2 Å². The quantitative estimate of drug-likeness (QED) is 0.793. The van der Waals surface area contributed by atoms with E-state index in [9.17, 15) is 4.39 Å². The van der Waals surface area contributed by atoms with Gasteiger partial charge in [-0.1, -0.05) is 0 Å². The molecular formula is C17H27FN8. The van der Waals surface area contributed by atoms with E-state index < -0.39 is 5.82 Å². The topological polar surface area (TPSA) is 66.2 Å². The average molecular weight is 362 g/mol. The third-order valence-corrected chi connectivity index (χ3v) is 4.66. The van der Waals surface area contributed by atoms with E-state index in [4.69, 9.17) is 0 Å². The van der Waals surface area contributed by atoms with Gasteiger partial charge in [0.05, 0.1) is 12.7 Å². The standard InChI is InChI=1S/C17H27FN8/c1-23(2)11-14-21-22-15(25(14)5)12-7-6-8-26(10-12)17-19-9-13(18)16(20-17)24(3)4/h9,12H,6-8,10-11H2,1-5H3/t12-/m1/s1. The summed E-state index contributed by atoms with van der Waals surface area (Å²) in [5.41, 5.74) is 0. The summed E-state index contributed by atoms with van der Waals surface area (Å²) >= 11 is 0. The highest BCUT2D eigenvalue weighted by Gasteiger charge is 2.28. The lowest BCUT2D eigenvalue weighted by Gasteiger charge is -2.32. The Kier molecular flexibility index (Phi) is 5.36. The SMILES string of the molecule is CN(C)Cc1nnc([C@@H]2CCCN(c3ncc(F)c(N(C)C)n3)C2)n1C. The molecule has 2 aromatic heterocycles. The number of anilines is 2. The second kappa shape index (κ2) is 7.53. The van der Waals surface area contributed by atoms with Crippen molar-refractivity contribution in [2.45, 2.75) is 25.3 Å². The highest BCUT2D eigenvalue weighted by molar-refractivity contribution is 5.44. The molecular weight excluding hydrogens is 335 g/mol. The molecule has 0 aromatic carbocycles. The fourth-order valence-electron chi connectivity index (χ4n) is 3.34. The third kappa shape index (κ3) is 3.77. The van der Waals surface area contributed by atoms with Crippen molar-refractivity contribution >= 4 is 11.8 Å². The lowest BCUT2D eigenvalue weighted by molar-refractivity contribution is 0.382. The fraction of sp³-hybridized carbons (Fsp3) is 0.647. The summed E-state index contributed by atoms with van der Waals surface area (Å²) in [5, 5.41) is 8.77. The number of rotatable bonds is 5. The zero-order chi connectivity index (χ0) is 18.8. The highest BCUT2D eigenvalue weighted by Crippen LogP contribution is 2.28. The monoisotopic (exact) mass is 362 g/mol. The lowest BCUT2D eigenvalue weighted by atomic mass is 9.97. The van der Waals surface area contributed by atoms with Crippen LogP contribution in [0, 0.1) is 5.82 Å². The molecule has 1 aliphatic rings. The van der Waals surface area contributed by atoms with Crippen LogP contribution in [-0.4, -0.2) is 70.9 Å². The Morgan fingerprint density at radius 2 is 2.00 bits per heavy atom. The first kappa shape index (κ1) is 18.5. The Morgan fingerprint density at radius 1 is 1.23 bits per heavy atom. The van der Waals surface area contributed by atoms with E-state index in [2.05, 4.69) is 34.5 Å². The van der Waals surface area contributed by atoms with Gasteiger partial charge in [-0.2, -0.15) is 4.98 Å². The van der Waals surface area contributed by atoms with E-state index in [1.54, 1.807) is 19.0 Å². The van der Waals surface area contributed by atoms with Crippen LogP contribution in [0.15, 0.2) is 6.20 Å². The predicted molar refractivity (Wildman–Crippen MR) is 98.9 cm³/mol. The Balaban J connectivity index is 1.80. The minimum Gasteiger partial charge on any atom is -0.360 e. The van der Waals surface area contributed by atoms with E-state index in [0.717, 1.165) is 44.1 Å². The molecule has 0 aliphatic carbocycles. The molecule has 0 radical (unpaired) electrons. The molecule has 9 heteroatoms. The molecule has 26 heavy (non-hydrogen) atoms. The fourth-order valence-corrected chi connectivity index (χ4v) is 3.34. The van der Waals surface area contributed by atoms with Crippen LogP contribution in [0.5, 0.6) is 0 Å². The molecule has 0 N–H and O–H groups in total. The van der Waals surface area contributed by atoms with Gasteiger partial charge in [0.15, 0.2) is 11.6 Å². The van der Waals surface area contributed by atoms with Gasteiger partial charge in [0.2, 0.25) is 5.95 Å². The molecule has 142 valence electrons. The van der Waals surface area contributed by atoms with E-state index in [1.165, 1.54) is 6.20 Å². The number of hydrogen-bond donors (Lipinski definition) is 0. The van der Waals surface area contributed by atoms with Crippen molar-refractivity contribution in [3.63, 3.8) is 0 Å². The van der Waals surface area contributed by atoms with Crippen LogP contribution in [0.3, 0.4) is 0 Å². The van der Waals surface area contributed by atoms with Crippen molar-refractivity contribution in [1.82, 2.24) is 29.6 Å². The van der Waals surface area contributed by atoms with Crippen LogP contribution in [0.4, 0.5) is 16.2 Å². The molecule has 3 rings (SSSR count). The van der Waals surface area contributed by atoms with Gasteiger partial charge in [0.25, 0.3) is 0 Å². The Morgan fingerprint density at radius 3 is 2.69 bits per heavy atom. The first-order chi connectivity index (χ1) is 12.4. The third-order valence-electron chi connectivity index (χ3n) is 4.66. The summed E-state index contributed by atoms with van der Waals surface area (Å²) in [6.45, 7) is 2.37. The van der Waals surface area contributed by atoms with Crippen LogP contribution in [0.25, 0.3) is 0 Å². The summed E-state index contributed by atoms with van der Waals surface area (Å²) in [4.78, 5) is 14.5. The Labute approximate surface area is 153 Å². The smallest absolute Gasteiger partial charge is 0.227 e. The molecule has 3 heterocycles. The van der Waals surface area contributed by atoms with E-state index in [1.807, 2.05) is 21.1 Å². The number of halogens is 1. The largest absolute Gasteiger partial charge is 0.360 e. The maximum atomic E-state index is 13.9. The average Bonchev–Trinajstić information content (AvgIpc) is 2.95. The summed E-state index contributed by atoms with van der Waals surface area (Å²) < 4.78 is 16.0. The van der Waals surface area contributed by atoms with Gasteiger partial charge in [0.1, 0.15) is 11.6 Å². The summed E-state index contributed by atoms with van der Waals surface area (Å²) in [6, 6.07) is 0. The minimum atomic E-state index is -0.408. The molecule has 1 saturated heterocycles. The zero-order valence-electron chi connectivity index (χ0n) is 16.1. The lowest BCUT2D eigenvalue weighted by Crippen LogP contribution is -2.36. The second-order valence-corrected chi connectivity index (χ2v) is 7.29. The zero-order valence-corrected chi connectivity index (χ0v) is 16.1. The van der Waals surface area contributed by atoms with Crippen molar-refractivity contribution in [3.8, 4) is 0 Å². The number of hydrogen-bond acceptors (Lipinski definition) is 7. The Bertz CT molecular complexity index is 757. The first-order valence-electron chi connectivity index (χ1n) is 8.84. The maximum absolute atomic E-state index is 13.9.